The second kappa shape index (κ2) is 7.40. The predicted octanol–water partition coefficient (Wildman–Crippen LogP) is 1.64. The van der Waals surface area contributed by atoms with Crippen LogP contribution in [0, 0.1) is 0 Å². The van der Waals surface area contributed by atoms with Gasteiger partial charge in [0.05, 0.1) is 12.8 Å². The SMILES string of the molecule is C=C(Nc1nc(CN2CCCC2)cc(=O)n1N)c1ccc(OC)cc1. The van der Waals surface area contributed by atoms with Crippen LogP contribution in [0.15, 0.2) is 41.7 Å². The van der Waals surface area contributed by atoms with Crippen LogP contribution in [0.3, 0.4) is 0 Å². The van der Waals surface area contributed by atoms with Crippen LogP contribution in [0.1, 0.15) is 24.1 Å². The number of aromatic nitrogens is 2. The highest BCUT2D eigenvalue weighted by atomic mass is 16.5. The lowest BCUT2D eigenvalue weighted by Crippen LogP contribution is -2.32. The van der Waals surface area contributed by atoms with Crippen LogP contribution in [0.5, 0.6) is 5.75 Å². The van der Waals surface area contributed by atoms with Gasteiger partial charge >= 0.3 is 0 Å². The molecule has 0 aliphatic carbocycles. The third-order valence-electron chi connectivity index (χ3n) is 4.29. The zero-order valence-electron chi connectivity index (χ0n) is 14.4. The summed E-state index contributed by atoms with van der Waals surface area (Å²) in [6, 6.07) is 8.92. The van der Waals surface area contributed by atoms with E-state index in [2.05, 4.69) is 21.8 Å². The number of benzene rings is 1. The number of rotatable bonds is 6. The zero-order chi connectivity index (χ0) is 17.8. The predicted molar refractivity (Wildman–Crippen MR) is 98.8 cm³/mol. The molecule has 0 amide bonds. The van der Waals surface area contributed by atoms with Crippen LogP contribution in [0.2, 0.25) is 0 Å². The summed E-state index contributed by atoms with van der Waals surface area (Å²) in [6.45, 7) is 6.73. The first-order valence-corrected chi connectivity index (χ1v) is 8.27. The Labute approximate surface area is 146 Å². The molecule has 1 aromatic carbocycles. The average Bonchev–Trinajstić information content (AvgIpc) is 3.12. The first-order valence-electron chi connectivity index (χ1n) is 8.27. The van der Waals surface area contributed by atoms with Crippen molar-refractivity contribution in [2.75, 3.05) is 31.4 Å². The van der Waals surface area contributed by atoms with E-state index in [0.717, 1.165) is 29.1 Å². The molecule has 0 saturated carbocycles. The third kappa shape index (κ3) is 4.00. The maximum absolute atomic E-state index is 12.1. The number of nitrogens with two attached hydrogens (primary N) is 1. The summed E-state index contributed by atoms with van der Waals surface area (Å²) >= 11 is 0. The van der Waals surface area contributed by atoms with Gasteiger partial charge in [0.15, 0.2) is 0 Å². The van der Waals surface area contributed by atoms with E-state index < -0.39 is 0 Å². The van der Waals surface area contributed by atoms with E-state index in [4.69, 9.17) is 10.6 Å². The Kier molecular flexibility index (Phi) is 5.04. The molecule has 1 aromatic heterocycles. The number of likely N-dealkylation sites (tertiary alicyclic amines) is 1. The van der Waals surface area contributed by atoms with Crippen LogP contribution in [0.25, 0.3) is 5.70 Å². The Balaban J connectivity index is 1.78. The van der Waals surface area contributed by atoms with Crippen molar-refractivity contribution in [3.8, 4) is 5.75 Å². The molecule has 1 fully saturated rings. The third-order valence-corrected chi connectivity index (χ3v) is 4.29. The van der Waals surface area contributed by atoms with Gasteiger partial charge in [-0.2, -0.15) is 4.68 Å². The van der Waals surface area contributed by atoms with Crippen molar-refractivity contribution >= 4 is 11.6 Å². The summed E-state index contributed by atoms with van der Waals surface area (Å²) in [5.74, 6) is 6.88. The molecule has 132 valence electrons. The van der Waals surface area contributed by atoms with Crippen molar-refractivity contribution in [1.82, 2.24) is 14.6 Å². The lowest BCUT2D eigenvalue weighted by Gasteiger charge is -2.16. The molecule has 3 N–H and O–H groups in total. The molecule has 0 spiro atoms. The Hall–Kier alpha value is -2.80. The molecule has 0 bridgehead atoms. The lowest BCUT2D eigenvalue weighted by atomic mass is 10.1. The number of methoxy groups -OCH3 is 1. The molecule has 0 radical (unpaired) electrons. The minimum absolute atomic E-state index is 0.280. The summed E-state index contributed by atoms with van der Waals surface area (Å²) < 4.78 is 6.15. The number of anilines is 1. The van der Waals surface area contributed by atoms with Gasteiger partial charge in [-0.1, -0.05) is 6.58 Å². The molecule has 7 heteroatoms. The number of nitrogen functional groups attached to an aromatic ring is 1. The molecule has 2 aromatic rings. The Bertz CT molecular complexity index is 807. The topological polar surface area (TPSA) is 85.4 Å². The van der Waals surface area contributed by atoms with Gasteiger partial charge in [0.1, 0.15) is 5.75 Å². The Morgan fingerprint density at radius 2 is 2.00 bits per heavy atom. The highest BCUT2D eigenvalue weighted by Crippen LogP contribution is 2.19. The number of ether oxygens (including phenoxy) is 1. The summed E-state index contributed by atoms with van der Waals surface area (Å²) in [4.78, 5) is 18.9. The summed E-state index contributed by atoms with van der Waals surface area (Å²) in [7, 11) is 1.62. The largest absolute Gasteiger partial charge is 0.497 e. The summed E-state index contributed by atoms with van der Waals surface area (Å²) in [5.41, 5.74) is 1.87. The van der Waals surface area contributed by atoms with Crippen LogP contribution in [-0.4, -0.2) is 34.8 Å². The van der Waals surface area contributed by atoms with E-state index in [0.29, 0.717) is 17.9 Å². The maximum atomic E-state index is 12.1. The number of hydrogen-bond acceptors (Lipinski definition) is 6. The lowest BCUT2D eigenvalue weighted by molar-refractivity contribution is 0.327. The van der Waals surface area contributed by atoms with Gasteiger partial charge < -0.3 is 15.9 Å². The normalized spacial score (nSPS) is 14.4. The summed E-state index contributed by atoms with van der Waals surface area (Å²) in [6.07, 6.45) is 2.38. The first kappa shape index (κ1) is 17.0. The van der Waals surface area contributed by atoms with Gasteiger partial charge in [-0.3, -0.25) is 9.69 Å². The fourth-order valence-electron chi connectivity index (χ4n) is 2.88. The zero-order valence-corrected chi connectivity index (χ0v) is 14.4. The monoisotopic (exact) mass is 341 g/mol. The van der Waals surface area contributed by atoms with Crippen LogP contribution < -0.4 is 21.5 Å². The molecule has 2 heterocycles. The maximum Gasteiger partial charge on any atom is 0.273 e. The van der Waals surface area contributed by atoms with E-state index in [1.54, 1.807) is 7.11 Å². The molecular weight excluding hydrogens is 318 g/mol. The van der Waals surface area contributed by atoms with Crippen molar-refractivity contribution in [3.63, 3.8) is 0 Å². The Morgan fingerprint density at radius 1 is 1.32 bits per heavy atom. The molecule has 1 aliphatic heterocycles. The van der Waals surface area contributed by atoms with Gasteiger partial charge in [-0.05, 0) is 55.8 Å². The molecule has 1 aliphatic rings. The average molecular weight is 341 g/mol. The second-order valence-electron chi connectivity index (χ2n) is 6.09. The van der Waals surface area contributed by atoms with Gasteiger partial charge in [0, 0.05) is 18.3 Å². The van der Waals surface area contributed by atoms with Crippen LogP contribution in [-0.2, 0) is 6.54 Å². The fourth-order valence-corrected chi connectivity index (χ4v) is 2.88. The molecular formula is C18H23N5O2. The smallest absolute Gasteiger partial charge is 0.273 e. The molecule has 3 rings (SSSR count). The highest BCUT2D eigenvalue weighted by molar-refractivity contribution is 5.73. The van der Waals surface area contributed by atoms with Crippen LogP contribution in [0.4, 0.5) is 5.95 Å². The van der Waals surface area contributed by atoms with E-state index in [1.165, 1.54) is 18.9 Å². The van der Waals surface area contributed by atoms with E-state index in [1.807, 2.05) is 24.3 Å². The summed E-state index contributed by atoms with van der Waals surface area (Å²) in [5, 5.41) is 3.04. The Morgan fingerprint density at radius 3 is 2.64 bits per heavy atom. The van der Waals surface area contributed by atoms with Crippen molar-refractivity contribution in [3.05, 3.63) is 58.5 Å². The number of hydrogen-bond donors (Lipinski definition) is 2. The standard InChI is InChI=1S/C18H23N5O2/c1-13(14-5-7-16(25-2)8-6-14)20-18-21-15(11-17(24)23(18)19)12-22-9-3-4-10-22/h5-8,11H,1,3-4,9-10,12,19H2,2H3,(H,20,21). The minimum atomic E-state index is -0.297. The number of nitrogens with one attached hydrogen (secondary N) is 1. The van der Waals surface area contributed by atoms with E-state index in [-0.39, 0.29) is 11.5 Å². The van der Waals surface area contributed by atoms with Gasteiger partial charge in [0.2, 0.25) is 5.95 Å². The minimum Gasteiger partial charge on any atom is -0.497 e. The van der Waals surface area contributed by atoms with E-state index >= 15 is 0 Å². The van der Waals surface area contributed by atoms with Crippen molar-refractivity contribution < 1.29 is 4.74 Å². The van der Waals surface area contributed by atoms with E-state index in [9.17, 15) is 4.79 Å². The second-order valence-corrected chi connectivity index (χ2v) is 6.09. The number of nitrogens with zero attached hydrogens (tertiary/aromatic N) is 3. The molecule has 7 nitrogen and oxygen atoms in total. The quantitative estimate of drug-likeness (QED) is 0.777. The molecule has 0 unspecified atom stereocenters. The molecule has 25 heavy (non-hydrogen) atoms. The molecule has 0 atom stereocenters. The van der Waals surface area contributed by atoms with Gasteiger partial charge in [0.25, 0.3) is 5.56 Å². The first-order chi connectivity index (χ1) is 12.1. The van der Waals surface area contributed by atoms with Crippen molar-refractivity contribution in [2.24, 2.45) is 0 Å². The molecule has 1 saturated heterocycles. The van der Waals surface area contributed by atoms with Gasteiger partial charge in [-0.15, -0.1) is 0 Å². The highest BCUT2D eigenvalue weighted by Gasteiger charge is 2.15. The van der Waals surface area contributed by atoms with Gasteiger partial charge in [-0.25, -0.2) is 4.98 Å². The fraction of sp³-hybridized carbons (Fsp3) is 0.333. The van der Waals surface area contributed by atoms with Crippen LogP contribution >= 0.6 is 0 Å². The van der Waals surface area contributed by atoms with Crippen molar-refractivity contribution in [2.45, 2.75) is 19.4 Å². The van der Waals surface area contributed by atoms with Crippen molar-refractivity contribution in [1.29, 1.82) is 0 Å².